The van der Waals surface area contributed by atoms with E-state index in [4.69, 9.17) is 21.1 Å². The van der Waals surface area contributed by atoms with Crippen LogP contribution in [0.5, 0.6) is 11.5 Å². The van der Waals surface area contributed by atoms with Crippen molar-refractivity contribution in [1.82, 2.24) is 4.98 Å². The van der Waals surface area contributed by atoms with Gasteiger partial charge in [0.05, 0.1) is 20.8 Å². The summed E-state index contributed by atoms with van der Waals surface area (Å²) >= 11 is 12.7. The van der Waals surface area contributed by atoms with E-state index in [1.165, 1.54) is 0 Å². The molecule has 1 aromatic carbocycles. The van der Waals surface area contributed by atoms with Crippen LogP contribution >= 0.6 is 43.5 Å². The molecule has 3 rings (SSSR count). The van der Waals surface area contributed by atoms with Crippen molar-refractivity contribution < 1.29 is 9.47 Å². The molecule has 7 heteroatoms. The smallest absolute Gasteiger partial charge is 0.231 e. The van der Waals surface area contributed by atoms with Gasteiger partial charge in [-0.15, -0.1) is 0 Å². The SMILES string of the molecule is Clc1ncc(NCc2cc(Br)c3c(c2)OCO3)cc1Br. The van der Waals surface area contributed by atoms with Crippen molar-refractivity contribution in [3.05, 3.63) is 44.1 Å². The molecule has 0 saturated carbocycles. The second-order valence-corrected chi connectivity index (χ2v) is 6.23. The molecular formula is C13H9Br2ClN2O2. The number of benzene rings is 1. The molecule has 1 aliphatic heterocycles. The fourth-order valence-corrected chi connectivity index (χ4v) is 2.90. The van der Waals surface area contributed by atoms with Crippen molar-refractivity contribution in [2.24, 2.45) is 0 Å². The number of aromatic nitrogens is 1. The Bertz CT molecular complexity index is 667. The highest BCUT2D eigenvalue weighted by Gasteiger charge is 2.17. The number of halogens is 3. The number of pyridine rings is 1. The lowest BCUT2D eigenvalue weighted by atomic mass is 10.2. The molecule has 0 unspecified atom stereocenters. The fourth-order valence-electron chi connectivity index (χ4n) is 1.84. The van der Waals surface area contributed by atoms with E-state index in [0.717, 1.165) is 31.7 Å². The van der Waals surface area contributed by atoms with Crippen LogP contribution in [0, 0.1) is 0 Å². The van der Waals surface area contributed by atoms with Gasteiger partial charge in [0.2, 0.25) is 6.79 Å². The van der Waals surface area contributed by atoms with Gasteiger partial charge in [0, 0.05) is 6.54 Å². The van der Waals surface area contributed by atoms with E-state index in [1.54, 1.807) is 6.20 Å². The quantitative estimate of drug-likeness (QED) is 0.737. The summed E-state index contributed by atoms with van der Waals surface area (Å²) in [6, 6.07) is 5.84. The zero-order valence-electron chi connectivity index (χ0n) is 10.1. The molecule has 0 radical (unpaired) electrons. The predicted molar refractivity (Wildman–Crippen MR) is 84.5 cm³/mol. The molecular weight excluding hydrogens is 411 g/mol. The molecule has 1 N–H and O–H groups in total. The Labute approximate surface area is 137 Å². The molecule has 0 bridgehead atoms. The van der Waals surface area contributed by atoms with Gasteiger partial charge in [0.1, 0.15) is 5.15 Å². The molecule has 20 heavy (non-hydrogen) atoms. The van der Waals surface area contributed by atoms with Crippen molar-refractivity contribution in [2.75, 3.05) is 12.1 Å². The summed E-state index contributed by atoms with van der Waals surface area (Å²) < 4.78 is 12.4. The van der Waals surface area contributed by atoms with Crippen LogP contribution in [0.4, 0.5) is 5.69 Å². The van der Waals surface area contributed by atoms with Crippen LogP contribution in [0.3, 0.4) is 0 Å². The van der Waals surface area contributed by atoms with Gasteiger partial charge in [-0.3, -0.25) is 0 Å². The number of hydrogen-bond acceptors (Lipinski definition) is 4. The summed E-state index contributed by atoms with van der Waals surface area (Å²) in [5, 5.41) is 3.72. The van der Waals surface area contributed by atoms with E-state index in [2.05, 4.69) is 42.2 Å². The van der Waals surface area contributed by atoms with E-state index in [1.807, 2.05) is 18.2 Å². The van der Waals surface area contributed by atoms with Crippen molar-refractivity contribution in [3.63, 3.8) is 0 Å². The molecule has 0 aliphatic carbocycles. The van der Waals surface area contributed by atoms with Crippen LogP contribution in [0.15, 0.2) is 33.3 Å². The zero-order valence-corrected chi connectivity index (χ0v) is 14.0. The number of nitrogens with zero attached hydrogens (tertiary/aromatic N) is 1. The number of rotatable bonds is 3. The molecule has 0 atom stereocenters. The normalized spacial score (nSPS) is 12.6. The fraction of sp³-hybridized carbons (Fsp3) is 0.154. The van der Waals surface area contributed by atoms with Crippen molar-refractivity contribution in [1.29, 1.82) is 0 Å². The number of ether oxygens (including phenoxy) is 2. The Kier molecular flexibility index (Phi) is 4.05. The Morgan fingerprint density at radius 2 is 2.05 bits per heavy atom. The van der Waals surface area contributed by atoms with Gasteiger partial charge in [-0.05, 0) is 55.6 Å². The first kappa shape index (κ1) is 14.0. The summed E-state index contributed by atoms with van der Waals surface area (Å²) in [6.07, 6.45) is 1.69. The van der Waals surface area contributed by atoms with Gasteiger partial charge in [-0.25, -0.2) is 4.98 Å². The first-order valence-corrected chi connectivity index (χ1v) is 7.73. The highest BCUT2D eigenvalue weighted by atomic mass is 79.9. The number of hydrogen-bond donors (Lipinski definition) is 1. The molecule has 4 nitrogen and oxygen atoms in total. The minimum Gasteiger partial charge on any atom is -0.454 e. The maximum Gasteiger partial charge on any atom is 0.231 e. The van der Waals surface area contributed by atoms with E-state index in [-0.39, 0.29) is 6.79 Å². The Balaban J connectivity index is 1.75. The first-order chi connectivity index (χ1) is 9.63. The molecule has 1 aliphatic rings. The van der Waals surface area contributed by atoms with Gasteiger partial charge < -0.3 is 14.8 Å². The summed E-state index contributed by atoms with van der Waals surface area (Å²) in [5.41, 5.74) is 1.96. The van der Waals surface area contributed by atoms with Crippen molar-refractivity contribution in [2.45, 2.75) is 6.54 Å². The van der Waals surface area contributed by atoms with E-state index in [9.17, 15) is 0 Å². The van der Waals surface area contributed by atoms with Crippen molar-refractivity contribution in [3.8, 4) is 11.5 Å². The monoisotopic (exact) mass is 418 g/mol. The maximum atomic E-state index is 5.86. The highest BCUT2D eigenvalue weighted by molar-refractivity contribution is 9.10. The van der Waals surface area contributed by atoms with Crippen LogP contribution in [0.1, 0.15) is 5.56 Å². The number of fused-ring (bicyclic) bond motifs is 1. The Morgan fingerprint density at radius 3 is 2.85 bits per heavy atom. The van der Waals surface area contributed by atoms with Crippen LogP contribution in [0.25, 0.3) is 0 Å². The topological polar surface area (TPSA) is 43.4 Å². The van der Waals surface area contributed by atoms with E-state index in [0.29, 0.717) is 11.7 Å². The summed E-state index contributed by atoms with van der Waals surface area (Å²) in [4.78, 5) is 4.07. The van der Waals surface area contributed by atoms with Crippen molar-refractivity contribution >= 4 is 49.1 Å². The summed E-state index contributed by atoms with van der Waals surface area (Å²) in [7, 11) is 0. The van der Waals surface area contributed by atoms with Crippen LogP contribution in [0.2, 0.25) is 5.15 Å². The van der Waals surface area contributed by atoms with Gasteiger partial charge >= 0.3 is 0 Å². The minimum atomic E-state index is 0.263. The van der Waals surface area contributed by atoms with Crippen LogP contribution in [-0.4, -0.2) is 11.8 Å². The molecule has 104 valence electrons. The Morgan fingerprint density at radius 1 is 1.20 bits per heavy atom. The molecule has 2 heterocycles. The maximum absolute atomic E-state index is 5.86. The second-order valence-electron chi connectivity index (χ2n) is 4.16. The minimum absolute atomic E-state index is 0.263. The molecule has 0 fully saturated rings. The van der Waals surface area contributed by atoms with Gasteiger partial charge in [-0.1, -0.05) is 11.6 Å². The third-order valence-corrected chi connectivity index (χ3v) is 4.50. The highest BCUT2D eigenvalue weighted by Crippen LogP contribution is 2.40. The predicted octanol–water partition coefficient (Wildman–Crippen LogP) is 4.60. The lowest BCUT2D eigenvalue weighted by molar-refractivity contribution is 0.173. The zero-order chi connectivity index (χ0) is 14.1. The number of nitrogens with one attached hydrogen (secondary N) is 1. The third kappa shape index (κ3) is 2.87. The summed E-state index contributed by atoms with van der Waals surface area (Å²) in [5.74, 6) is 1.51. The largest absolute Gasteiger partial charge is 0.454 e. The Hall–Kier alpha value is -0.980. The van der Waals surface area contributed by atoms with Crippen LogP contribution in [-0.2, 0) is 6.54 Å². The molecule has 0 spiro atoms. The second kappa shape index (κ2) is 5.79. The van der Waals surface area contributed by atoms with Gasteiger partial charge in [0.25, 0.3) is 0 Å². The molecule has 2 aromatic rings. The number of anilines is 1. The standard InChI is InChI=1S/C13H9Br2ClN2O2/c14-9-1-7(2-11-12(9)20-6-19-11)4-17-8-3-10(15)13(16)18-5-8/h1-3,5,17H,4,6H2. The first-order valence-electron chi connectivity index (χ1n) is 5.76. The molecule has 1 aromatic heterocycles. The molecule has 0 amide bonds. The molecule has 0 saturated heterocycles. The lowest BCUT2D eigenvalue weighted by Crippen LogP contribution is -2.00. The van der Waals surface area contributed by atoms with Crippen LogP contribution < -0.4 is 14.8 Å². The average molecular weight is 420 g/mol. The average Bonchev–Trinajstić information content (AvgIpc) is 2.89. The van der Waals surface area contributed by atoms with Gasteiger partial charge in [-0.2, -0.15) is 0 Å². The third-order valence-electron chi connectivity index (χ3n) is 2.78. The lowest BCUT2D eigenvalue weighted by Gasteiger charge is -2.09. The van der Waals surface area contributed by atoms with E-state index < -0.39 is 0 Å². The van der Waals surface area contributed by atoms with Gasteiger partial charge in [0.15, 0.2) is 11.5 Å². The summed E-state index contributed by atoms with van der Waals surface area (Å²) in [6.45, 7) is 0.907. The van der Waals surface area contributed by atoms with E-state index >= 15 is 0 Å².